The van der Waals surface area contributed by atoms with Crippen molar-refractivity contribution >= 4 is 46.0 Å². The smallest absolute Gasteiger partial charge is 0.250 e. The van der Waals surface area contributed by atoms with Gasteiger partial charge in [0.25, 0.3) is 0 Å². The molecule has 5 nitrogen and oxygen atoms in total. The Morgan fingerprint density at radius 1 is 1.05 bits per heavy atom. The van der Waals surface area contributed by atoms with Crippen LogP contribution in [0.15, 0.2) is 24.5 Å². The molecule has 3 rings (SSSR count). The van der Waals surface area contributed by atoms with Crippen LogP contribution < -0.4 is 4.74 Å². The van der Waals surface area contributed by atoms with Crippen LogP contribution in [0.3, 0.4) is 0 Å². The Kier molecular flexibility index (Phi) is 3.18. The van der Waals surface area contributed by atoms with Crippen LogP contribution in [-0.2, 0) is 0 Å². The van der Waals surface area contributed by atoms with E-state index in [1.807, 2.05) is 0 Å². The molecule has 0 atom stereocenters. The van der Waals surface area contributed by atoms with Crippen molar-refractivity contribution in [3.05, 3.63) is 39.9 Å². The molecule has 0 saturated carbocycles. The Morgan fingerprint density at radius 2 is 1.89 bits per heavy atom. The quantitative estimate of drug-likeness (QED) is 0.723. The molecule has 0 fully saturated rings. The number of H-pyrrole nitrogens is 1. The summed E-state index contributed by atoms with van der Waals surface area (Å²) < 4.78 is 5.62. The Labute approximate surface area is 122 Å². The van der Waals surface area contributed by atoms with Crippen molar-refractivity contribution in [2.45, 2.75) is 0 Å². The van der Waals surface area contributed by atoms with Crippen molar-refractivity contribution in [3.63, 3.8) is 0 Å². The van der Waals surface area contributed by atoms with E-state index in [1.165, 1.54) is 6.33 Å². The zero-order valence-electron chi connectivity index (χ0n) is 9.19. The van der Waals surface area contributed by atoms with Gasteiger partial charge in [-0.1, -0.05) is 23.2 Å². The molecule has 0 bridgehead atoms. The molecule has 0 saturated heterocycles. The molecule has 1 aromatic carbocycles. The number of fused-ring (bicyclic) bond motifs is 1. The van der Waals surface area contributed by atoms with Gasteiger partial charge in [-0.3, -0.25) is 0 Å². The van der Waals surface area contributed by atoms with Gasteiger partial charge in [0.1, 0.15) is 11.3 Å². The highest BCUT2D eigenvalue weighted by molar-refractivity contribution is 6.42. The number of ether oxygens (including phenoxy) is 1. The number of aromatic amines is 1. The van der Waals surface area contributed by atoms with Crippen molar-refractivity contribution < 1.29 is 4.74 Å². The fraction of sp³-hybridized carbons (Fsp3) is 0. The van der Waals surface area contributed by atoms with Crippen molar-refractivity contribution in [2.75, 3.05) is 0 Å². The number of nitrogens with zero attached hydrogens (tertiary/aromatic N) is 3. The number of halogens is 3. The lowest BCUT2D eigenvalue weighted by Gasteiger charge is -2.06. The number of rotatable bonds is 2. The number of nitrogens with one attached hydrogen (secondary N) is 1. The predicted octanol–water partition coefficient (Wildman–Crippen LogP) is 4.11. The van der Waals surface area contributed by atoms with E-state index in [4.69, 9.17) is 39.5 Å². The zero-order valence-corrected chi connectivity index (χ0v) is 11.5. The van der Waals surface area contributed by atoms with Crippen LogP contribution >= 0.6 is 34.8 Å². The van der Waals surface area contributed by atoms with Crippen LogP contribution in [0.5, 0.6) is 11.6 Å². The summed E-state index contributed by atoms with van der Waals surface area (Å²) in [6, 6.07) is 4.89. The zero-order chi connectivity index (χ0) is 13.4. The van der Waals surface area contributed by atoms with Gasteiger partial charge in [-0.25, -0.2) is 4.98 Å². The minimum atomic E-state index is 0.0506. The molecule has 19 heavy (non-hydrogen) atoms. The second kappa shape index (κ2) is 4.85. The van der Waals surface area contributed by atoms with Crippen LogP contribution in [0, 0.1) is 0 Å². The fourth-order valence-corrected chi connectivity index (χ4v) is 1.95. The normalized spacial score (nSPS) is 10.9. The third-order valence-corrected chi connectivity index (χ3v) is 3.24. The Bertz CT molecular complexity index is 759. The Balaban J connectivity index is 2.04. The van der Waals surface area contributed by atoms with Gasteiger partial charge in [-0.15, -0.1) is 0 Å². The second-order valence-electron chi connectivity index (χ2n) is 3.58. The van der Waals surface area contributed by atoms with Crippen LogP contribution in [0.4, 0.5) is 0 Å². The summed E-state index contributed by atoms with van der Waals surface area (Å²) in [4.78, 5) is 14.8. The van der Waals surface area contributed by atoms with Gasteiger partial charge in [-0.2, -0.15) is 9.97 Å². The Hall–Kier alpha value is -1.56. The van der Waals surface area contributed by atoms with Gasteiger partial charge < -0.3 is 9.72 Å². The summed E-state index contributed by atoms with van der Waals surface area (Å²) in [5.41, 5.74) is 0.977. The second-order valence-corrected chi connectivity index (χ2v) is 4.73. The first-order valence-corrected chi connectivity index (χ1v) is 6.26. The average molecular weight is 316 g/mol. The minimum Gasteiger partial charge on any atom is -0.437 e. The van der Waals surface area contributed by atoms with Crippen LogP contribution in [0.2, 0.25) is 15.3 Å². The molecule has 3 aromatic rings. The van der Waals surface area contributed by atoms with Crippen molar-refractivity contribution in [3.8, 4) is 11.6 Å². The number of aromatic nitrogens is 4. The summed E-state index contributed by atoms with van der Waals surface area (Å²) >= 11 is 17.6. The first-order chi connectivity index (χ1) is 9.13. The molecule has 0 aliphatic heterocycles. The minimum absolute atomic E-state index is 0.0506. The maximum atomic E-state index is 5.92. The molecule has 96 valence electrons. The molecular formula is C11H5Cl3N4O. The molecule has 0 unspecified atom stereocenters. The number of hydrogen-bond acceptors (Lipinski definition) is 4. The Morgan fingerprint density at radius 3 is 2.68 bits per heavy atom. The van der Waals surface area contributed by atoms with Crippen molar-refractivity contribution in [1.82, 2.24) is 19.9 Å². The molecule has 0 aliphatic rings. The van der Waals surface area contributed by atoms with Gasteiger partial charge in [0, 0.05) is 6.07 Å². The average Bonchev–Trinajstić information content (AvgIpc) is 2.82. The van der Waals surface area contributed by atoms with E-state index in [-0.39, 0.29) is 11.2 Å². The van der Waals surface area contributed by atoms with E-state index >= 15 is 0 Å². The molecular weight excluding hydrogens is 311 g/mol. The van der Waals surface area contributed by atoms with Crippen LogP contribution in [0.1, 0.15) is 0 Å². The van der Waals surface area contributed by atoms with Gasteiger partial charge >= 0.3 is 0 Å². The van der Waals surface area contributed by atoms with E-state index in [0.29, 0.717) is 27.0 Å². The molecule has 0 spiro atoms. The molecule has 2 aromatic heterocycles. The number of benzene rings is 1. The third-order valence-electron chi connectivity index (χ3n) is 2.33. The predicted molar refractivity (Wildman–Crippen MR) is 73.2 cm³/mol. The van der Waals surface area contributed by atoms with Crippen molar-refractivity contribution in [1.29, 1.82) is 0 Å². The standard InChI is InChI=1S/C11H5Cl3N4O/c12-6-2-1-5(3-7(6)13)19-10-8-9(16-4-15-8)17-11(14)18-10/h1-4H,(H,15,16,17,18). The van der Waals surface area contributed by atoms with E-state index < -0.39 is 0 Å². The van der Waals surface area contributed by atoms with Gasteiger partial charge in [0.15, 0.2) is 5.65 Å². The van der Waals surface area contributed by atoms with Gasteiger partial charge in [-0.05, 0) is 23.7 Å². The summed E-state index contributed by atoms with van der Waals surface area (Å²) in [5.74, 6) is 0.756. The molecule has 2 heterocycles. The SMILES string of the molecule is Clc1nc(Oc2ccc(Cl)c(Cl)c2)c2[nH]cnc2n1. The summed E-state index contributed by atoms with van der Waals surface area (Å²) in [6.07, 6.45) is 1.48. The number of imidazole rings is 1. The van der Waals surface area contributed by atoms with Crippen molar-refractivity contribution in [2.24, 2.45) is 0 Å². The van der Waals surface area contributed by atoms with E-state index in [9.17, 15) is 0 Å². The molecule has 8 heteroatoms. The molecule has 1 N–H and O–H groups in total. The van der Waals surface area contributed by atoms with Crippen LogP contribution in [0.25, 0.3) is 11.2 Å². The highest BCUT2D eigenvalue weighted by Crippen LogP contribution is 2.31. The molecule has 0 radical (unpaired) electrons. The molecule has 0 amide bonds. The third kappa shape index (κ3) is 2.45. The summed E-state index contributed by atoms with van der Waals surface area (Å²) in [6.45, 7) is 0. The summed E-state index contributed by atoms with van der Waals surface area (Å²) in [5, 5.41) is 0.885. The largest absolute Gasteiger partial charge is 0.437 e. The van der Waals surface area contributed by atoms with E-state index in [2.05, 4.69) is 19.9 Å². The lowest BCUT2D eigenvalue weighted by Crippen LogP contribution is -1.92. The number of hydrogen-bond donors (Lipinski definition) is 1. The van der Waals surface area contributed by atoms with E-state index in [0.717, 1.165) is 0 Å². The topological polar surface area (TPSA) is 63.7 Å². The monoisotopic (exact) mass is 314 g/mol. The summed E-state index contributed by atoms with van der Waals surface area (Å²) in [7, 11) is 0. The lowest BCUT2D eigenvalue weighted by atomic mass is 10.3. The lowest BCUT2D eigenvalue weighted by molar-refractivity contribution is 0.467. The fourth-order valence-electron chi connectivity index (χ4n) is 1.51. The van der Waals surface area contributed by atoms with E-state index in [1.54, 1.807) is 18.2 Å². The molecule has 0 aliphatic carbocycles. The highest BCUT2D eigenvalue weighted by Gasteiger charge is 2.11. The highest BCUT2D eigenvalue weighted by atomic mass is 35.5. The van der Waals surface area contributed by atoms with Gasteiger partial charge in [0.2, 0.25) is 11.2 Å². The van der Waals surface area contributed by atoms with Crippen LogP contribution in [-0.4, -0.2) is 19.9 Å². The first-order valence-electron chi connectivity index (χ1n) is 5.13. The van der Waals surface area contributed by atoms with Gasteiger partial charge in [0.05, 0.1) is 16.4 Å². The maximum absolute atomic E-state index is 5.92. The first kappa shape index (κ1) is 12.5. The maximum Gasteiger partial charge on any atom is 0.250 e.